The first-order valence-electron chi connectivity index (χ1n) is 8.50. The maximum Gasteiger partial charge on any atom is 0.326 e. The second kappa shape index (κ2) is 12.5. The van der Waals surface area contributed by atoms with Crippen LogP contribution >= 0.6 is 11.8 Å². The first-order chi connectivity index (χ1) is 12.1. The molecule has 0 rings (SSSR count). The molecule has 0 aromatic heterocycles. The minimum absolute atomic E-state index is 0.0327. The predicted octanol–water partition coefficient (Wildman–Crippen LogP) is -0.567. The van der Waals surface area contributed by atoms with Crippen LogP contribution in [0.15, 0.2) is 0 Å². The number of carboxylic acid groups (broad SMARTS) is 1. The van der Waals surface area contributed by atoms with Crippen LogP contribution in [0, 0.1) is 5.92 Å². The van der Waals surface area contributed by atoms with Crippen molar-refractivity contribution >= 4 is 35.5 Å². The quantitative estimate of drug-likeness (QED) is 0.281. The van der Waals surface area contributed by atoms with Crippen LogP contribution in [0.4, 0.5) is 0 Å². The lowest BCUT2D eigenvalue weighted by atomic mass is 9.98. The van der Waals surface area contributed by atoms with E-state index in [1.54, 1.807) is 6.92 Å². The molecule has 0 aromatic carbocycles. The molecule has 150 valence electrons. The maximum atomic E-state index is 12.5. The number of nitrogens with one attached hydrogen (secondary N) is 2. The van der Waals surface area contributed by atoms with Gasteiger partial charge in [-0.3, -0.25) is 14.4 Å². The van der Waals surface area contributed by atoms with Gasteiger partial charge in [-0.15, -0.1) is 0 Å². The molecule has 0 aliphatic rings. The van der Waals surface area contributed by atoms with E-state index in [0.717, 1.165) is 0 Å². The van der Waals surface area contributed by atoms with Crippen LogP contribution in [0.1, 0.15) is 39.5 Å². The molecule has 9 nitrogen and oxygen atoms in total. The molecule has 4 atom stereocenters. The average molecular weight is 391 g/mol. The lowest BCUT2D eigenvalue weighted by Crippen LogP contribution is -2.55. The van der Waals surface area contributed by atoms with Crippen LogP contribution in [0.2, 0.25) is 0 Å². The molecule has 4 unspecified atom stereocenters. The second-order valence-electron chi connectivity index (χ2n) is 6.16. The summed E-state index contributed by atoms with van der Waals surface area (Å²) >= 11 is 1.54. The van der Waals surface area contributed by atoms with Gasteiger partial charge >= 0.3 is 5.97 Å². The minimum atomic E-state index is -1.16. The van der Waals surface area contributed by atoms with Gasteiger partial charge in [-0.1, -0.05) is 20.3 Å². The number of hydrogen-bond acceptors (Lipinski definition) is 6. The van der Waals surface area contributed by atoms with E-state index in [0.29, 0.717) is 18.6 Å². The van der Waals surface area contributed by atoms with Crippen molar-refractivity contribution in [2.45, 2.75) is 57.7 Å². The third-order valence-corrected chi connectivity index (χ3v) is 4.70. The van der Waals surface area contributed by atoms with E-state index >= 15 is 0 Å². The highest BCUT2D eigenvalue weighted by Crippen LogP contribution is 2.09. The Hall–Kier alpha value is -1.81. The number of thioether (sulfide) groups is 1. The highest BCUT2D eigenvalue weighted by atomic mass is 32.2. The molecule has 0 radical (unpaired) electrons. The SMILES string of the molecule is CCC(C)C(NC(=O)C(CCC(N)=O)NC(=O)C(N)CCSC)C(=O)O. The van der Waals surface area contributed by atoms with Crippen molar-refractivity contribution in [2.75, 3.05) is 12.0 Å². The third kappa shape index (κ3) is 9.04. The van der Waals surface area contributed by atoms with Gasteiger partial charge in [0.1, 0.15) is 12.1 Å². The maximum absolute atomic E-state index is 12.5. The fourth-order valence-corrected chi connectivity index (χ4v) is 2.64. The summed E-state index contributed by atoms with van der Waals surface area (Å²) in [5, 5.41) is 14.2. The van der Waals surface area contributed by atoms with Crippen LogP contribution in [0.5, 0.6) is 0 Å². The predicted molar refractivity (Wildman–Crippen MR) is 100 cm³/mol. The first-order valence-corrected chi connectivity index (χ1v) is 9.89. The van der Waals surface area contributed by atoms with Gasteiger partial charge in [-0.25, -0.2) is 4.79 Å². The Morgan fingerprint density at radius 2 is 1.73 bits per heavy atom. The molecule has 0 spiro atoms. The zero-order valence-electron chi connectivity index (χ0n) is 15.5. The van der Waals surface area contributed by atoms with Crippen LogP contribution in [-0.2, 0) is 19.2 Å². The number of nitrogens with two attached hydrogens (primary N) is 2. The van der Waals surface area contributed by atoms with Crippen molar-refractivity contribution < 1.29 is 24.3 Å². The Labute approximate surface area is 158 Å². The van der Waals surface area contributed by atoms with Crippen LogP contribution < -0.4 is 22.1 Å². The van der Waals surface area contributed by atoms with Gasteiger partial charge in [-0.2, -0.15) is 11.8 Å². The number of rotatable bonds is 13. The van der Waals surface area contributed by atoms with E-state index in [9.17, 15) is 24.3 Å². The van der Waals surface area contributed by atoms with Gasteiger partial charge in [0.2, 0.25) is 17.7 Å². The van der Waals surface area contributed by atoms with E-state index in [1.807, 2.05) is 13.2 Å². The van der Waals surface area contributed by atoms with Crippen molar-refractivity contribution in [3.05, 3.63) is 0 Å². The number of hydrogen-bond donors (Lipinski definition) is 5. The lowest BCUT2D eigenvalue weighted by molar-refractivity contribution is -0.144. The number of primary amides is 1. The Kier molecular flexibility index (Phi) is 11.7. The zero-order chi connectivity index (χ0) is 20.3. The van der Waals surface area contributed by atoms with Gasteiger partial charge < -0.3 is 27.2 Å². The molecule has 0 bridgehead atoms. The number of amides is 3. The van der Waals surface area contributed by atoms with Gasteiger partial charge in [0.15, 0.2) is 0 Å². The first kappa shape index (κ1) is 24.2. The van der Waals surface area contributed by atoms with E-state index in [2.05, 4.69) is 10.6 Å². The summed E-state index contributed by atoms with van der Waals surface area (Å²) < 4.78 is 0. The van der Waals surface area contributed by atoms with Crippen molar-refractivity contribution in [1.82, 2.24) is 10.6 Å². The molecular formula is C16H30N4O5S. The number of aliphatic carboxylic acids is 1. The van der Waals surface area contributed by atoms with Gasteiger partial charge in [-0.05, 0) is 30.8 Å². The Balaban J connectivity index is 5.09. The van der Waals surface area contributed by atoms with Gasteiger partial charge in [0.25, 0.3) is 0 Å². The molecule has 0 aromatic rings. The highest BCUT2D eigenvalue weighted by Gasteiger charge is 2.30. The molecule has 10 heteroatoms. The van der Waals surface area contributed by atoms with Gasteiger partial charge in [0.05, 0.1) is 6.04 Å². The summed E-state index contributed by atoms with van der Waals surface area (Å²) in [7, 11) is 0. The minimum Gasteiger partial charge on any atom is -0.480 e. The van der Waals surface area contributed by atoms with E-state index < -0.39 is 41.8 Å². The zero-order valence-corrected chi connectivity index (χ0v) is 16.3. The fraction of sp³-hybridized carbons (Fsp3) is 0.750. The van der Waals surface area contributed by atoms with Crippen molar-refractivity contribution in [2.24, 2.45) is 17.4 Å². The van der Waals surface area contributed by atoms with E-state index in [4.69, 9.17) is 11.5 Å². The number of carbonyl (C=O) groups is 4. The average Bonchev–Trinajstić information content (AvgIpc) is 2.59. The smallest absolute Gasteiger partial charge is 0.326 e. The monoisotopic (exact) mass is 390 g/mol. The largest absolute Gasteiger partial charge is 0.480 e. The van der Waals surface area contributed by atoms with Gasteiger partial charge in [0, 0.05) is 6.42 Å². The molecule has 0 fully saturated rings. The molecular weight excluding hydrogens is 360 g/mol. The number of carboxylic acids is 1. The summed E-state index contributed by atoms with van der Waals surface area (Å²) in [6.07, 6.45) is 2.71. The summed E-state index contributed by atoms with van der Waals surface area (Å²) in [5.74, 6) is -2.61. The molecule has 0 aliphatic carbocycles. The normalized spacial score (nSPS) is 15.4. The third-order valence-electron chi connectivity index (χ3n) is 4.06. The summed E-state index contributed by atoms with van der Waals surface area (Å²) in [6, 6.07) is -2.97. The highest BCUT2D eigenvalue weighted by molar-refractivity contribution is 7.98. The lowest BCUT2D eigenvalue weighted by Gasteiger charge is -2.25. The molecule has 26 heavy (non-hydrogen) atoms. The Morgan fingerprint density at radius 1 is 1.12 bits per heavy atom. The van der Waals surface area contributed by atoms with Crippen molar-refractivity contribution in [3.63, 3.8) is 0 Å². The van der Waals surface area contributed by atoms with Crippen LogP contribution in [-0.4, -0.2) is 58.9 Å². The summed E-state index contributed by atoms with van der Waals surface area (Å²) in [6.45, 7) is 3.51. The molecule has 0 saturated heterocycles. The van der Waals surface area contributed by atoms with Crippen LogP contribution in [0.25, 0.3) is 0 Å². The molecule has 0 aliphatic heterocycles. The second-order valence-corrected chi connectivity index (χ2v) is 7.15. The molecule has 0 heterocycles. The topological polar surface area (TPSA) is 165 Å². The Morgan fingerprint density at radius 3 is 2.19 bits per heavy atom. The van der Waals surface area contributed by atoms with E-state index in [1.165, 1.54) is 11.8 Å². The molecule has 3 amide bonds. The summed E-state index contributed by atoms with van der Waals surface area (Å²) in [4.78, 5) is 47.0. The van der Waals surface area contributed by atoms with Crippen LogP contribution in [0.3, 0.4) is 0 Å². The van der Waals surface area contributed by atoms with Crippen molar-refractivity contribution in [1.29, 1.82) is 0 Å². The Bertz CT molecular complexity index is 503. The number of carbonyl (C=O) groups excluding carboxylic acids is 3. The standard InChI is InChI=1S/C16H30N4O5S/c1-4-9(2)13(16(24)25)20-15(23)11(5-6-12(18)21)19-14(22)10(17)7-8-26-3/h9-11,13H,4-8,17H2,1-3H3,(H2,18,21)(H,19,22)(H,20,23)(H,24,25). The molecule has 0 saturated carbocycles. The molecule has 7 N–H and O–H groups in total. The fourth-order valence-electron chi connectivity index (χ4n) is 2.15. The van der Waals surface area contributed by atoms with E-state index in [-0.39, 0.29) is 18.8 Å². The van der Waals surface area contributed by atoms with Crippen molar-refractivity contribution in [3.8, 4) is 0 Å². The summed E-state index contributed by atoms with van der Waals surface area (Å²) in [5.41, 5.74) is 10.9.